The lowest BCUT2D eigenvalue weighted by molar-refractivity contribution is -0.384. The minimum atomic E-state index is -0.759. The Morgan fingerprint density at radius 2 is 1.88 bits per heavy atom. The summed E-state index contributed by atoms with van der Waals surface area (Å²) in [6.45, 7) is 7.79. The number of furan rings is 1. The maximum atomic E-state index is 13.8. The summed E-state index contributed by atoms with van der Waals surface area (Å²) in [6.07, 6.45) is 1.58. The quantitative estimate of drug-likeness (QED) is 0.170. The molecular formula is C30H27N3O7S. The van der Waals surface area contributed by atoms with Crippen LogP contribution < -0.4 is 19.6 Å². The second-order valence-electron chi connectivity index (χ2n) is 9.28. The fraction of sp³-hybridized carbons (Fsp3) is 0.233. The molecule has 0 fully saturated rings. The summed E-state index contributed by atoms with van der Waals surface area (Å²) < 4.78 is 18.6. The molecule has 0 N–H and O–H groups in total. The van der Waals surface area contributed by atoms with Gasteiger partial charge in [0.05, 0.1) is 45.5 Å². The van der Waals surface area contributed by atoms with Gasteiger partial charge in [0, 0.05) is 12.1 Å². The van der Waals surface area contributed by atoms with Crippen molar-refractivity contribution in [2.45, 2.75) is 33.7 Å². The fourth-order valence-corrected chi connectivity index (χ4v) is 5.75. The van der Waals surface area contributed by atoms with Crippen LogP contribution in [-0.4, -0.2) is 28.7 Å². The molecular weight excluding hydrogens is 546 g/mol. The van der Waals surface area contributed by atoms with Crippen molar-refractivity contribution in [3.8, 4) is 17.1 Å². The molecule has 1 aliphatic heterocycles. The normalized spacial score (nSPS) is 14.9. The van der Waals surface area contributed by atoms with E-state index in [9.17, 15) is 19.7 Å². The van der Waals surface area contributed by atoms with Crippen molar-refractivity contribution in [3.63, 3.8) is 0 Å². The van der Waals surface area contributed by atoms with Crippen LogP contribution in [0.5, 0.6) is 5.75 Å². The molecule has 0 amide bonds. The SMILES string of the molecule is CCOC(=O)C1=C(C)N=c2s/c(=C\c3ccc(-c4ccc(C)cc4[N+](=O)[O-])o3)c(=O)n2[C@H]1c1ccc(OCC)cc1. The molecule has 0 aliphatic carbocycles. The Bertz CT molecular complexity index is 1860. The number of aromatic nitrogens is 1. The lowest BCUT2D eigenvalue weighted by Crippen LogP contribution is -2.39. The van der Waals surface area contributed by atoms with E-state index >= 15 is 0 Å². The number of esters is 1. The van der Waals surface area contributed by atoms with Crippen LogP contribution in [-0.2, 0) is 9.53 Å². The maximum Gasteiger partial charge on any atom is 0.338 e. The third-order valence-corrected chi connectivity index (χ3v) is 7.52. The summed E-state index contributed by atoms with van der Waals surface area (Å²) in [4.78, 5) is 43.0. The predicted molar refractivity (Wildman–Crippen MR) is 154 cm³/mol. The number of rotatable bonds is 8. The molecule has 2 aromatic heterocycles. The highest BCUT2D eigenvalue weighted by Gasteiger charge is 2.33. The molecule has 3 heterocycles. The zero-order valence-electron chi connectivity index (χ0n) is 22.9. The van der Waals surface area contributed by atoms with Crippen molar-refractivity contribution in [1.29, 1.82) is 0 Å². The van der Waals surface area contributed by atoms with E-state index in [1.165, 1.54) is 10.6 Å². The van der Waals surface area contributed by atoms with Crippen LogP contribution in [0.1, 0.15) is 43.7 Å². The van der Waals surface area contributed by atoms with Crippen molar-refractivity contribution in [2.75, 3.05) is 13.2 Å². The highest BCUT2D eigenvalue weighted by molar-refractivity contribution is 7.07. The lowest BCUT2D eigenvalue weighted by Gasteiger charge is -2.24. The van der Waals surface area contributed by atoms with E-state index in [4.69, 9.17) is 13.9 Å². The number of nitro benzene ring substituents is 1. The van der Waals surface area contributed by atoms with Gasteiger partial charge in [-0.1, -0.05) is 29.5 Å². The van der Waals surface area contributed by atoms with Crippen LogP contribution in [0, 0.1) is 17.0 Å². The third kappa shape index (κ3) is 5.36. The molecule has 0 saturated heterocycles. The predicted octanol–water partition coefficient (Wildman–Crippen LogP) is 4.67. The van der Waals surface area contributed by atoms with E-state index in [2.05, 4.69) is 4.99 Å². The van der Waals surface area contributed by atoms with Gasteiger partial charge < -0.3 is 13.9 Å². The third-order valence-electron chi connectivity index (χ3n) is 6.54. The first-order chi connectivity index (χ1) is 19.7. The Balaban J connectivity index is 1.62. The summed E-state index contributed by atoms with van der Waals surface area (Å²) in [5, 5.41) is 11.6. The van der Waals surface area contributed by atoms with E-state index in [1.54, 1.807) is 63.2 Å². The number of fused-ring (bicyclic) bond motifs is 1. The molecule has 11 heteroatoms. The van der Waals surface area contributed by atoms with Crippen molar-refractivity contribution in [2.24, 2.45) is 4.99 Å². The van der Waals surface area contributed by atoms with Crippen molar-refractivity contribution in [1.82, 2.24) is 4.57 Å². The number of allylic oxidation sites excluding steroid dienone is 1. The minimum Gasteiger partial charge on any atom is -0.494 e. The average molecular weight is 574 g/mol. The first kappa shape index (κ1) is 27.8. The number of ether oxygens (including phenoxy) is 2. The number of carbonyl (C=O) groups is 1. The molecule has 2 aromatic carbocycles. The summed E-state index contributed by atoms with van der Waals surface area (Å²) in [5.41, 5.74) is 2.11. The minimum absolute atomic E-state index is 0.0670. The summed E-state index contributed by atoms with van der Waals surface area (Å²) >= 11 is 1.16. The van der Waals surface area contributed by atoms with E-state index in [0.29, 0.717) is 50.0 Å². The number of aryl methyl sites for hydroxylation is 1. The second-order valence-corrected chi connectivity index (χ2v) is 10.3. The van der Waals surface area contributed by atoms with Crippen LogP contribution >= 0.6 is 11.3 Å². The van der Waals surface area contributed by atoms with Crippen LogP contribution in [0.3, 0.4) is 0 Å². The monoisotopic (exact) mass is 573 g/mol. The molecule has 0 bridgehead atoms. The number of nitrogens with zero attached hydrogens (tertiary/aromatic N) is 3. The van der Waals surface area contributed by atoms with Gasteiger partial charge in [0.15, 0.2) is 4.80 Å². The number of hydrogen-bond donors (Lipinski definition) is 0. The Morgan fingerprint density at radius 3 is 2.56 bits per heavy atom. The van der Waals surface area contributed by atoms with E-state index < -0.39 is 16.9 Å². The molecule has 10 nitrogen and oxygen atoms in total. The molecule has 0 unspecified atom stereocenters. The van der Waals surface area contributed by atoms with E-state index in [1.807, 2.05) is 19.1 Å². The van der Waals surface area contributed by atoms with Gasteiger partial charge in [-0.05, 0) is 69.2 Å². The Hall–Kier alpha value is -4.77. The molecule has 0 radical (unpaired) electrons. The largest absolute Gasteiger partial charge is 0.494 e. The number of hydrogen-bond acceptors (Lipinski definition) is 9. The molecule has 1 aliphatic rings. The van der Waals surface area contributed by atoms with Gasteiger partial charge in [0.2, 0.25) is 0 Å². The molecule has 1 atom stereocenters. The molecule has 4 aromatic rings. The maximum absolute atomic E-state index is 13.8. The van der Waals surface area contributed by atoms with Crippen molar-refractivity contribution >= 4 is 29.1 Å². The summed E-state index contributed by atoms with van der Waals surface area (Å²) in [5.74, 6) is 0.782. The second kappa shape index (κ2) is 11.4. The van der Waals surface area contributed by atoms with Gasteiger partial charge in [0.1, 0.15) is 17.3 Å². The zero-order chi connectivity index (χ0) is 29.3. The fourth-order valence-electron chi connectivity index (χ4n) is 4.73. The van der Waals surface area contributed by atoms with E-state index in [0.717, 1.165) is 16.9 Å². The van der Waals surface area contributed by atoms with Gasteiger partial charge in [-0.15, -0.1) is 0 Å². The van der Waals surface area contributed by atoms with Gasteiger partial charge in [-0.2, -0.15) is 0 Å². The van der Waals surface area contributed by atoms with Crippen molar-refractivity contribution < 1.29 is 23.6 Å². The summed E-state index contributed by atoms with van der Waals surface area (Å²) in [6, 6.07) is 14.6. The number of nitro groups is 1. The molecule has 0 spiro atoms. The highest BCUT2D eigenvalue weighted by atomic mass is 32.1. The highest BCUT2D eigenvalue weighted by Crippen LogP contribution is 2.33. The topological polar surface area (TPSA) is 126 Å². The Kier molecular flexibility index (Phi) is 7.71. The van der Waals surface area contributed by atoms with Gasteiger partial charge >= 0.3 is 5.97 Å². The number of thiazole rings is 1. The molecule has 5 rings (SSSR count). The first-order valence-electron chi connectivity index (χ1n) is 13.0. The van der Waals surface area contributed by atoms with Crippen LogP contribution in [0.2, 0.25) is 0 Å². The van der Waals surface area contributed by atoms with Crippen molar-refractivity contribution in [3.05, 3.63) is 113 Å². The lowest BCUT2D eigenvalue weighted by atomic mass is 9.96. The Labute approximate surface area is 238 Å². The van der Waals surface area contributed by atoms with Crippen LogP contribution in [0.15, 0.2) is 80.1 Å². The zero-order valence-corrected chi connectivity index (χ0v) is 23.7. The first-order valence-corrected chi connectivity index (χ1v) is 13.8. The molecule has 210 valence electrons. The van der Waals surface area contributed by atoms with E-state index in [-0.39, 0.29) is 23.4 Å². The average Bonchev–Trinajstić information content (AvgIpc) is 3.52. The van der Waals surface area contributed by atoms with Crippen LogP contribution in [0.4, 0.5) is 5.69 Å². The number of benzene rings is 2. The van der Waals surface area contributed by atoms with Gasteiger partial charge in [0.25, 0.3) is 11.2 Å². The van der Waals surface area contributed by atoms with Gasteiger partial charge in [-0.25, -0.2) is 9.79 Å². The Morgan fingerprint density at radius 1 is 1.12 bits per heavy atom. The summed E-state index contributed by atoms with van der Waals surface area (Å²) in [7, 11) is 0. The standard InChI is InChI=1S/C30H27N3O7S/c1-5-38-20-10-8-19(9-11-20)27-26(29(35)39-6-2)18(4)31-30-32(27)28(34)25(41-30)16-21-12-14-24(40-21)22-13-7-17(3)15-23(22)33(36)37/h7-16,27H,5-6H2,1-4H3/b25-16-/t27-/m0/s1. The molecule has 0 saturated carbocycles. The smallest absolute Gasteiger partial charge is 0.338 e. The number of carbonyl (C=O) groups excluding carboxylic acids is 1. The molecule has 41 heavy (non-hydrogen) atoms. The van der Waals surface area contributed by atoms with Gasteiger partial charge in [-0.3, -0.25) is 19.5 Å². The van der Waals surface area contributed by atoms with Crippen LogP contribution in [0.25, 0.3) is 17.4 Å².